The maximum Gasteiger partial charge on any atom is 0.120 e. The van der Waals surface area contributed by atoms with Crippen molar-refractivity contribution in [2.45, 2.75) is 53.0 Å². The van der Waals surface area contributed by atoms with Gasteiger partial charge in [-0.2, -0.15) is 0 Å². The van der Waals surface area contributed by atoms with Gasteiger partial charge in [-0.25, -0.2) is 0 Å². The molecule has 1 fully saturated rings. The summed E-state index contributed by atoms with van der Waals surface area (Å²) in [6.07, 6.45) is 3.60. The lowest BCUT2D eigenvalue weighted by molar-refractivity contribution is 0.0798. The van der Waals surface area contributed by atoms with Crippen LogP contribution in [0.1, 0.15) is 58.6 Å². The first-order valence-corrected chi connectivity index (χ1v) is 7.95. The molecule has 0 saturated carbocycles. The number of hydrogen-bond donors (Lipinski definition) is 1. The molecule has 0 aliphatic carbocycles. The van der Waals surface area contributed by atoms with Crippen LogP contribution in [0.3, 0.4) is 0 Å². The SMILES string of the molecule is CCC(c1ccccc1O)N1CCC(C(C)(C)C)CC1. The van der Waals surface area contributed by atoms with Crippen molar-refractivity contribution in [2.75, 3.05) is 13.1 Å². The van der Waals surface area contributed by atoms with Crippen molar-refractivity contribution in [3.05, 3.63) is 29.8 Å². The standard InChI is InChI=1S/C18H29NO/c1-5-16(15-8-6-7-9-17(15)20)19-12-10-14(11-13-19)18(2,3)4/h6-9,14,16,20H,5,10-13H2,1-4H3. The monoisotopic (exact) mass is 275 g/mol. The highest BCUT2D eigenvalue weighted by Gasteiger charge is 2.31. The van der Waals surface area contributed by atoms with Crippen LogP contribution in [0.25, 0.3) is 0 Å². The van der Waals surface area contributed by atoms with Crippen LogP contribution in [0.2, 0.25) is 0 Å². The number of phenolic OH excluding ortho intramolecular Hbond substituents is 1. The van der Waals surface area contributed by atoms with E-state index in [-0.39, 0.29) is 0 Å². The number of likely N-dealkylation sites (tertiary alicyclic amines) is 1. The molecule has 2 rings (SSSR count). The molecule has 2 heteroatoms. The van der Waals surface area contributed by atoms with Crippen molar-refractivity contribution in [1.82, 2.24) is 4.90 Å². The Morgan fingerprint density at radius 3 is 2.30 bits per heavy atom. The van der Waals surface area contributed by atoms with E-state index in [9.17, 15) is 5.11 Å². The van der Waals surface area contributed by atoms with Gasteiger partial charge in [0.25, 0.3) is 0 Å². The van der Waals surface area contributed by atoms with E-state index in [4.69, 9.17) is 0 Å². The minimum atomic E-state index is 0.358. The molecule has 1 aromatic carbocycles. The molecule has 0 amide bonds. The zero-order chi connectivity index (χ0) is 14.8. The molecule has 0 bridgehead atoms. The Labute approximate surface area is 123 Å². The summed E-state index contributed by atoms with van der Waals surface area (Å²) >= 11 is 0. The number of phenols is 1. The third-order valence-electron chi connectivity index (χ3n) is 4.88. The van der Waals surface area contributed by atoms with Crippen LogP contribution in [-0.2, 0) is 0 Å². The molecule has 1 aromatic rings. The fraction of sp³-hybridized carbons (Fsp3) is 0.667. The summed E-state index contributed by atoms with van der Waals surface area (Å²) in [5, 5.41) is 10.1. The maximum atomic E-state index is 10.1. The van der Waals surface area contributed by atoms with Gasteiger partial charge in [-0.15, -0.1) is 0 Å². The smallest absolute Gasteiger partial charge is 0.120 e. The Kier molecular flexibility index (Phi) is 4.74. The van der Waals surface area contributed by atoms with Gasteiger partial charge in [-0.05, 0) is 49.8 Å². The first kappa shape index (κ1) is 15.4. The highest BCUT2D eigenvalue weighted by atomic mass is 16.3. The lowest BCUT2D eigenvalue weighted by Gasteiger charge is -2.42. The van der Waals surface area contributed by atoms with Gasteiger partial charge in [0.2, 0.25) is 0 Å². The van der Waals surface area contributed by atoms with E-state index >= 15 is 0 Å². The molecule has 1 heterocycles. The number of rotatable bonds is 3. The van der Waals surface area contributed by atoms with Gasteiger partial charge < -0.3 is 5.11 Å². The van der Waals surface area contributed by atoms with E-state index in [2.05, 4.69) is 38.7 Å². The van der Waals surface area contributed by atoms with Crippen LogP contribution >= 0.6 is 0 Å². The van der Waals surface area contributed by atoms with Gasteiger partial charge in [-0.1, -0.05) is 45.9 Å². The summed E-state index contributed by atoms with van der Waals surface area (Å²) in [6.45, 7) is 11.6. The van der Waals surface area contributed by atoms with Crippen molar-refractivity contribution < 1.29 is 5.11 Å². The number of para-hydroxylation sites is 1. The highest BCUT2D eigenvalue weighted by Crippen LogP contribution is 2.38. The number of benzene rings is 1. The first-order chi connectivity index (χ1) is 9.43. The van der Waals surface area contributed by atoms with Crippen LogP contribution in [0, 0.1) is 11.3 Å². The second kappa shape index (κ2) is 6.17. The zero-order valence-corrected chi connectivity index (χ0v) is 13.4. The molecule has 0 aromatic heterocycles. The fourth-order valence-corrected chi connectivity index (χ4v) is 3.52. The Morgan fingerprint density at radius 2 is 1.80 bits per heavy atom. The normalized spacial score (nSPS) is 20.0. The lowest BCUT2D eigenvalue weighted by atomic mass is 9.75. The summed E-state index contributed by atoms with van der Waals surface area (Å²) in [5.74, 6) is 1.26. The van der Waals surface area contributed by atoms with Gasteiger partial charge in [0, 0.05) is 11.6 Å². The Morgan fingerprint density at radius 1 is 1.20 bits per heavy atom. The molecule has 1 atom stereocenters. The number of aromatic hydroxyl groups is 1. The minimum absolute atomic E-state index is 0.358. The van der Waals surface area contributed by atoms with Gasteiger partial charge in [0.15, 0.2) is 0 Å². The van der Waals surface area contributed by atoms with Gasteiger partial charge in [0.1, 0.15) is 5.75 Å². The van der Waals surface area contributed by atoms with Crippen molar-refractivity contribution in [1.29, 1.82) is 0 Å². The third-order valence-corrected chi connectivity index (χ3v) is 4.88. The van der Waals surface area contributed by atoms with E-state index < -0.39 is 0 Å². The molecule has 1 saturated heterocycles. The quantitative estimate of drug-likeness (QED) is 0.871. The van der Waals surface area contributed by atoms with Crippen molar-refractivity contribution in [3.8, 4) is 5.75 Å². The predicted molar refractivity (Wildman–Crippen MR) is 84.9 cm³/mol. The molecular weight excluding hydrogens is 246 g/mol. The zero-order valence-electron chi connectivity index (χ0n) is 13.4. The van der Waals surface area contributed by atoms with Crippen LogP contribution in [0.4, 0.5) is 0 Å². The summed E-state index contributed by atoms with van der Waals surface area (Å²) in [6, 6.07) is 8.16. The van der Waals surface area contributed by atoms with Gasteiger partial charge >= 0.3 is 0 Å². The van der Waals surface area contributed by atoms with Crippen molar-refractivity contribution >= 4 is 0 Å². The summed E-state index contributed by atoms with van der Waals surface area (Å²) in [4.78, 5) is 2.55. The average molecular weight is 275 g/mol. The molecule has 1 aliphatic rings. The second-order valence-electron chi connectivity index (χ2n) is 7.16. The second-order valence-corrected chi connectivity index (χ2v) is 7.16. The topological polar surface area (TPSA) is 23.5 Å². The molecule has 1 unspecified atom stereocenters. The molecule has 1 N–H and O–H groups in total. The molecule has 1 aliphatic heterocycles. The van der Waals surface area contributed by atoms with Crippen LogP contribution in [0.5, 0.6) is 5.75 Å². The average Bonchev–Trinajstić information content (AvgIpc) is 2.41. The number of hydrogen-bond acceptors (Lipinski definition) is 2. The van der Waals surface area contributed by atoms with Crippen molar-refractivity contribution in [3.63, 3.8) is 0 Å². The molecule has 0 spiro atoms. The van der Waals surface area contributed by atoms with Crippen LogP contribution in [-0.4, -0.2) is 23.1 Å². The van der Waals surface area contributed by atoms with E-state index in [1.165, 1.54) is 12.8 Å². The van der Waals surface area contributed by atoms with Gasteiger partial charge in [0.05, 0.1) is 0 Å². The maximum absolute atomic E-state index is 10.1. The van der Waals surface area contributed by atoms with Crippen molar-refractivity contribution in [2.24, 2.45) is 11.3 Å². The summed E-state index contributed by atoms with van der Waals surface area (Å²) < 4.78 is 0. The third kappa shape index (κ3) is 3.35. The Hall–Kier alpha value is -1.02. The minimum Gasteiger partial charge on any atom is -0.508 e. The number of nitrogens with zero attached hydrogens (tertiary/aromatic N) is 1. The lowest BCUT2D eigenvalue weighted by Crippen LogP contribution is -2.39. The van der Waals surface area contributed by atoms with E-state index in [0.717, 1.165) is 31.0 Å². The van der Waals surface area contributed by atoms with Gasteiger partial charge in [-0.3, -0.25) is 4.90 Å². The molecule has 2 nitrogen and oxygen atoms in total. The fourth-order valence-electron chi connectivity index (χ4n) is 3.52. The molecule has 0 radical (unpaired) electrons. The summed E-state index contributed by atoms with van der Waals surface area (Å²) in [7, 11) is 0. The predicted octanol–water partition coefficient (Wildman–Crippen LogP) is 4.60. The molecule has 20 heavy (non-hydrogen) atoms. The highest BCUT2D eigenvalue weighted by molar-refractivity contribution is 5.34. The largest absolute Gasteiger partial charge is 0.508 e. The first-order valence-electron chi connectivity index (χ1n) is 7.95. The van der Waals surface area contributed by atoms with E-state index in [1.54, 1.807) is 6.07 Å². The molecule has 112 valence electrons. The Bertz CT molecular complexity index is 427. The van der Waals surface area contributed by atoms with E-state index in [0.29, 0.717) is 17.2 Å². The number of piperidine rings is 1. The summed E-state index contributed by atoms with van der Waals surface area (Å²) in [5.41, 5.74) is 1.51. The van der Waals surface area contributed by atoms with Crippen LogP contribution < -0.4 is 0 Å². The van der Waals surface area contributed by atoms with Crippen LogP contribution in [0.15, 0.2) is 24.3 Å². The Balaban J connectivity index is 2.06. The molecular formula is C18H29NO. The van der Waals surface area contributed by atoms with E-state index in [1.807, 2.05) is 12.1 Å².